The average Bonchev–Trinajstić information content (AvgIpc) is 3.16. The number of fused-ring (bicyclic) bond motifs is 1. The summed E-state index contributed by atoms with van der Waals surface area (Å²) in [4.78, 5) is 4.59. The SMILES string of the molecule is CN1CCCc2cc(C(CNS(=O)(=O)c3ccc(Cl)s3)N3CCOCC3)ccc21. The Morgan fingerprint density at radius 1 is 1.21 bits per heavy atom. The number of ether oxygens (including phenoxy) is 1. The van der Waals surface area contributed by atoms with E-state index < -0.39 is 10.0 Å². The van der Waals surface area contributed by atoms with E-state index in [-0.39, 0.29) is 10.3 Å². The van der Waals surface area contributed by atoms with Gasteiger partial charge in [0.05, 0.1) is 17.6 Å². The van der Waals surface area contributed by atoms with Crippen molar-refractivity contribution in [3.05, 3.63) is 45.8 Å². The third-order valence-corrected chi connectivity index (χ3v) is 8.75. The molecule has 9 heteroatoms. The molecule has 0 radical (unpaired) electrons. The van der Waals surface area contributed by atoms with Crippen molar-refractivity contribution in [1.82, 2.24) is 9.62 Å². The zero-order chi connectivity index (χ0) is 20.4. The van der Waals surface area contributed by atoms with Crippen molar-refractivity contribution in [1.29, 1.82) is 0 Å². The van der Waals surface area contributed by atoms with Gasteiger partial charge in [0.2, 0.25) is 10.0 Å². The van der Waals surface area contributed by atoms with E-state index in [1.54, 1.807) is 12.1 Å². The number of rotatable bonds is 6. The number of benzene rings is 1. The lowest BCUT2D eigenvalue weighted by atomic mass is 9.96. The van der Waals surface area contributed by atoms with Gasteiger partial charge in [-0.3, -0.25) is 4.90 Å². The molecule has 158 valence electrons. The van der Waals surface area contributed by atoms with Gasteiger partial charge in [-0.1, -0.05) is 23.7 Å². The van der Waals surface area contributed by atoms with Crippen molar-refractivity contribution in [3.8, 4) is 0 Å². The molecule has 1 aromatic carbocycles. The molecule has 0 aliphatic carbocycles. The summed E-state index contributed by atoms with van der Waals surface area (Å²) in [5.41, 5.74) is 3.75. The molecule has 29 heavy (non-hydrogen) atoms. The van der Waals surface area contributed by atoms with Crippen LogP contribution in [-0.2, 0) is 21.2 Å². The Balaban J connectivity index is 1.58. The molecule has 0 spiro atoms. The molecule has 4 rings (SSSR count). The third kappa shape index (κ3) is 4.78. The molecule has 1 unspecified atom stereocenters. The van der Waals surface area contributed by atoms with E-state index in [4.69, 9.17) is 16.3 Å². The number of halogens is 1. The zero-order valence-corrected chi connectivity index (χ0v) is 18.8. The highest BCUT2D eigenvalue weighted by Crippen LogP contribution is 2.31. The molecule has 1 aromatic heterocycles. The third-order valence-electron chi connectivity index (χ3n) is 5.61. The molecule has 2 aromatic rings. The number of nitrogens with zero attached hydrogens (tertiary/aromatic N) is 2. The minimum Gasteiger partial charge on any atom is -0.379 e. The van der Waals surface area contributed by atoms with Crippen LogP contribution in [0.3, 0.4) is 0 Å². The van der Waals surface area contributed by atoms with Crippen molar-refractivity contribution in [2.45, 2.75) is 23.1 Å². The van der Waals surface area contributed by atoms with Crippen molar-refractivity contribution < 1.29 is 13.2 Å². The molecular formula is C20H26ClN3O3S2. The lowest BCUT2D eigenvalue weighted by Gasteiger charge is -2.36. The van der Waals surface area contributed by atoms with Gasteiger partial charge in [0.1, 0.15) is 4.21 Å². The molecule has 6 nitrogen and oxygen atoms in total. The van der Waals surface area contributed by atoms with E-state index in [9.17, 15) is 8.42 Å². The molecular weight excluding hydrogens is 430 g/mol. The maximum atomic E-state index is 12.7. The van der Waals surface area contributed by atoms with Gasteiger partial charge in [-0.15, -0.1) is 11.3 Å². The van der Waals surface area contributed by atoms with Gasteiger partial charge in [-0.05, 0) is 42.2 Å². The number of sulfonamides is 1. The second kappa shape index (κ2) is 8.91. The van der Waals surface area contributed by atoms with Gasteiger partial charge in [-0.2, -0.15) is 0 Å². The summed E-state index contributed by atoms with van der Waals surface area (Å²) >= 11 is 7.00. The van der Waals surface area contributed by atoms with Gasteiger partial charge in [0, 0.05) is 45.0 Å². The fourth-order valence-corrected chi connectivity index (χ4v) is 6.63. The van der Waals surface area contributed by atoms with Crippen molar-refractivity contribution >= 4 is 38.6 Å². The molecule has 1 saturated heterocycles. The highest BCUT2D eigenvalue weighted by atomic mass is 35.5. The van der Waals surface area contributed by atoms with Gasteiger partial charge in [0.15, 0.2) is 0 Å². The minimum atomic E-state index is -3.59. The van der Waals surface area contributed by atoms with Crippen LogP contribution in [0, 0.1) is 0 Å². The van der Waals surface area contributed by atoms with Crippen LogP contribution in [0.25, 0.3) is 0 Å². The first-order chi connectivity index (χ1) is 13.9. The number of thiophene rings is 1. The molecule has 1 N–H and O–H groups in total. The summed E-state index contributed by atoms with van der Waals surface area (Å²) in [6, 6.07) is 9.68. The maximum absolute atomic E-state index is 12.7. The average molecular weight is 456 g/mol. The van der Waals surface area contributed by atoms with Crippen LogP contribution in [0.15, 0.2) is 34.5 Å². The van der Waals surface area contributed by atoms with Crippen LogP contribution in [-0.4, -0.2) is 59.8 Å². The number of hydrogen-bond donors (Lipinski definition) is 1. The molecule has 3 heterocycles. The second-order valence-electron chi connectivity index (χ2n) is 7.49. The van der Waals surface area contributed by atoms with E-state index in [0.29, 0.717) is 24.1 Å². The second-order valence-corrected chi connectivity index (χ2v) is 11.2. The lowest BCUT2D eigenvalue weighted by Crippen LogP contribution is -2.43. The molecule has 1 fully saturated rings. The van der Waals surface area contributed by atoms with Crippen molar-refractivity contribution in [3.63, 3.8) is 0 Å². The summed E-state index contributed by atoms with van der Waals surface area (Å²) in [6.07, 6.45) is 2.20. The summed E-state index contributed by atoms with van der Waals surface area (Å²) in [5, 5.41) is 0. The Morgan fingerprint density at radius 3 is 2.72 bits per heavy atom. The Bertz CT molecular complexity index is 958. The number of aryl methyl sites for hydroxylation is 1. The smallest absolute Gasteiger partial charge is 0.250 e. The molecule has 0 saturated carbocycles. The van der Waals surface area contributed by atoms with Crippen LogP contribution in [0.4, 0.5) is 5.69 Å². The number of nitrogens with one attached hydrogen (secondary N) is 1. The first-order valence-corrected chi connectivity index (χ1v) is 12.5. The summed E-state index contributed by atoms with van der Waals surface area (Å²) in [7, 11) is -1.47. The Hall–Kier alpha value is -1.16. The van der Waals surface area contributed by atoms with E-state index in [0.717, 1.165) is 49.4 Å². The molecule has 1 atom stereocenters. The Kier molecular flexibility index (Phi) is 6.48. The normalized spacial score (nSPS) is 19.2. The number of anilines is 1. The highest BCUT2D eigenvalue weighted by molar-refractivity contribution is 7.91. The van der Waals surface area contributed by atoms with Gasteiger partial charge in [-0.25, -0.2) is 13.1 Å². The van der Waals surface area contributed by atoms with Gasteiger partial charge >= 0.3 is 0 Å². The van der Waals surface area contributed by atoms with Crippen LogP contribution in [0.1, 0.15) is 23.6 Å². The summed E-state index contributed by atoms with van der Waals surface area (Å²) in [5.74, 6) is 0. The van der Waals surface area contributed by atoms with Gasteiger partial charge < -0.3 is 9.64 Å². The fraction of sp³-hybridized carbons (Fsp3) is 0.500. The monoisotopic (exact) mass is 455 g/mol. The predicted molar refractivity (Wildman–Crippen MR) is 118 cm³/mol. The zero-order valence-electron chi connectivity index (χ0n) is 16.4. The van der Waals surface area contributed by atoms with Crippen LogP contribution < -0.4 is 9.62 Å². The first-order valence-electron chi connectivity index (χ1n) is 9.85. The fourth-order valence-electron chi connectivity index (χ4n) is 4.06. The van der Waals surface area contributed by atoms with Crippen LogP contribution in [0.2, 0.25) is 4.34 Å². The predicted octanol–water partition coefficient (Wildman–Crippen LogP) is 3.14. The molecule has 2 aliphatic heterocycles. The van der Waals surface area contributed by atoms with E-state index in [1.807, 2.05) is 0 Å². The Morgan fingerprint density at radius 2 is 2.00 bits per heavy atom. The van der Waals surface area contributed by atoms with E-state index >= 15 is 0 Å². The maximum Gasteiger partial charge on any atom is 0.250 e. The van der Waals surface area contributed by atoms with Crippen LogP contribution >= 0.6 is 22.9 Å². The van der Waals surface area contributed by atoms with E-state index in [1.165, 1.54) is 11.3 Å². The minimum absolute atomic E-state index is 0.0401. The van der Waals surface area contributed by atoms with Crippen LogP contribution in [0.5, 0.6) is 0 Å². The topological polar surface area (TPSA) is 61.9 Å². The molecule has 0 amide bonds. The number of hydrogen-bond acceptors (Lipinski definition) is 6. The van der Waals surface area contributed by atoms with Crippen molar-refractivity contribution in [2.24, 2.45) is 0 Å². The largest absolute Gasteiger partial charge is 0.379 e. The quantitative estimate of drug-likeness (QED) is 0.725. The van der Waals surface area contributed by atoms with E-state index in [2.05, 4.69) is 39.8 Å². The highest BCUT2D eigenvalue weighted by Gasteiger charge is 2.27. The van der Waals surface area contributed by atoms with Gasteiger partial charge in [0.25, 0.3) is 0 Å². The first kappa shape index (κ1) is 21.1. The Labute approximate surface area is 181 Å². The molecule has 2 aliphatic rings. The standard InChI is InChI=1S/C20H26ClN3O3S2/c1-23-8-2-3-15-13-16(4-5-17(15)23)18(24-9-11-27-12-10-24)14-22-29(25,26)20-7-6-19(21)28-20/h4-7,13,18,22H,2-3,8-12,14H2,1H3. The summed E-state index contributed by atoms with van der Waals surface area (Å²) < 4.78 is 34.5. The number of morpholine rings is 1. The molecule has 0 bridgehead atoms. The lowest BCUT2D eigenvalue weighted by molar-refractivity contribution is 0.0172. The summed E-state index contributed by atoms with van der Waals surface area (Å²) in [6.45, 7) is 4.28. The van der Waals surface area contributed by atoms with Crippen molar-refractivity contribution in [2.75, 3.05) is 51.3 Å².